The van der Waals surface area contributed by atoms with Crippen LogP contribution in [0.15, 0.2) is 18.5 Å². The summed E-state index contributed by atoms with van der Waals surface area (Å²) in [4.78, 5) is 4.24. The number of rotatable bonds is 5. The molecule has 1 N–H and O–H groups in total. The van der Waals surface area contributed by atoms with Crippen LogP contribution in [-0.4, -0.2) is 26.0 Å². The summed E-state index contributed by atoms with van der Waals surface area (Å²) in [5.41, 5.74) is 0. The highest BCUT2D eigenvalue weighted by Crippen LogP contribution is 2.23. The molecule has 2 unspecified atom stereocenters. The molecule has 1 aliphatic rings. The number of aliphatic hydroxyl groups is 1. The smallest absolute Gasteiger partial charge is 0.138 e. The van der Waals surface area contributed by atoms with Gasteiger partial charge in [-0.25, -0.2) is 4.98 Å². The van der Waals surface area contributed by atoms with Crippen LogP contribution in [0.4, 0.5) is 0 Å². The normalized spacial score (nSPS) is 21.6. The predicted molar refractivity (Wildman–Crippen MR) is 66.5 cm³/mol. The second kappa shape index (κ2) is 5.96. The van der Waals surface area contributed by atoms with Gasteiger partial charge in [-0.15, -0.1) is 0 Å². The molecular formula is C13H21N3O. The van der Waals surface area contributed by atoms with Crippen molar-refractivity contribution < 1.29 is 5.11 Å². The molecule has 1 aromatic heterocycles. The highest BCUT2D eigenvalue weighted by atomic mass is 16.3. The quantitative estimate of drug-likeness (QED) is 0.794. The van der Waals surface area contributed by atoms with Gasteiger partial charge in [0.25, 0.3) is 0 Å². The lowest BCUT2D eigenvalue weighted by Crippen LogP contribution is -2.25. The molecule has 0 amide bonds. The van der Waals surface area contributed by atoms with E-state index in [1.165, 1.54) is 0 Å². The minimum Gasteiger partial charge on any atom is -0.392 e. The average molecular weight is 235 g/mol. The van der Waals surface area contributed by atoms with E-state index in [0.29, 0.717) is 12.3 Å². The van der Waals surface area contributed by atoms with Crippen molar-refractivity contribution in [3.05, 3.63) is 24.3 Å². The van der Waals surface area contributed by atoms with Crippen LogP contribution in [0, 0.1) is 5.92 Å². The fraction of sp³-hybridized carbons (Fsp3) is 0.692. The first-order chi connectivity index (χ1) is 8.31. The third-order valence-corrected chi connectivity index (χ3v) is 3.38. The lowest BCUT2D eigenvalue weighted by molar-refractivity contribution is 0.0990. The summed E-state index contributed by atoms with van der Waals surface area (Å²) in [6.45, 7) is 3.00. The van der Waals surface area contributed by atoms with Crippen LogP contribution in [0.1, 0.15) is 38.4 Å². The van der Waals surface area contributed by atoms with Crippen molar-refractivity contribution in [2.75, 3.05) is 0 Å². The van der Waals surface area contributed by atoms with Crippen LogP contribution >= 0.6 is 0 Å². The van der Waals surface area contributed by atoms with Gasteiger partial charge >= 0.3 is 0 Å². The highest BCUT2D eigenvalue weighted by Gasteiger charge is 2.21. The second-order valence-corrected chi connectivity index (χ2v) is 4.72. The summed E-state index contributed by atoms with van der Waals surface area (Å²) >= 11 is 0. The molecular weight excluding hydrogens is 214 g/mol. The largest absolute Gasteiger partial charge is 0.392 e. The van der Waals surface area contributed by atoms with Crippen molar-refractivity contribution in [2.45, 2.75) is 51.7 Å². The van der Waals surface area contributed by atoms with Crippen LogP contribution in [0.25, 0.3) is 0 Å². The molecule has 2 rings (SSSR count). The first-order valence-electron chi connectivity index (χ1n) is 6.51. The molecule has 17 heavy (non-hydrogen) atoms. The molecule has 4 nitrogen and oxygen atoms in total. The summed E-state index contributed by atoms with van der Waals surface area (Å²) in [5, 5.41) is 14.4. The Morgan fingerprint density at radius 1 is 1.53 bits per heavy atom. The van der Waals surface area contributed by atoms with Crippen LogP contribution in [0.5, 0.6) is 0 Å². The van der Waals surface area contributed by atoms with Crippen molar-refractivity contribution in [3.8, 4) is 0 Å². The van der Waals surface area contributed by atoms with Crippen LogP contribution in [0.3, 0.4) is 0 Å². The maximum Gasteiger partial charge on any atom is 0.138 e. The standard InChI is InChI=1S/C13H21N3O/c1-2-8-16-13(14-10-15-16)9-12(17)11-6-4-3-5-7-11/h3-4,10-12,17H,2,5-9H2,1H3. The van der Waals surface area contributed by atoms with Gasteiger partial charge in [0.1, 0.15) is 12.2 Å². The fourth-order valence-electron chi connectivity index (χ4n) is 2.36. The van der Waals surface area contributed by atoms with Gasteiger partial charge in [0.2, 0.25) is 0 Å². The molecule has 0 aliphatic heterocycles. The summed E-state index contributed by atoms with van der Waals surface area (Å²) in [5.74, 6) is 1.29. The molecule has 0 saturated heterocycles. The van der Waals surface area contributed by atoms with E-state index in [9.17, 15) is 5.11 Å². The van der Waals surface area contributed by atoms with Gasteiger partial charge in [0.05, 0.1) is 6.10 Å². The summed E-state index contributed by atoms with van der Waals surface area (Å²) < 4.78 is 1.90. The molecule has 4 heteroatoms. The van der Waals surface area contributed by atoms with Crippen molar-refractivity contribution in [3.63, 3.8) is 0 Å². The predicted octanol–water partition coefficient (Wildman–Crippen LogP) is 1.95. The van der Waals surface area contributed by atoms with E-state index in [4.69, 9.17) is 0 Å². The van der Waals surface area contributed by atoms with Gasteiger partial charge < -0.3 is 5.11 Å². The first-order valence-corrected chi connectivity index (χ1v) is 6.51. The zero-order chi connectivity index (χ0) is 12.1. The van der Waals surface area contributed by atoms with E-state index in [-0.39, 0.29) is 6.10 Å². The van der Waals surface area contributed by atoms with Gasteiger partial charge in [-0.2, -0.15) is 5.10 Å². The second-order valence-electron chi connectivity index (χ2n) is 4.72. The molecule has 0 fully saturated rings. The van der Waals surface area contributed by atoms with Crippen LogP contribution in [0.2, 0.25) is 0 Å². The molecule has 1 aliphatic carbocycles. The Kier molecular flexibility index (Phi) is 4.31. The number of hydrogen-bond donors (Lipinski definition) is 1. The minimum absolute atomic E-state index is 0.292. The average Bonchev–Trinajstić information content (AvgIpc) is 2.78. The third kappa shape index (κ3) is 3.16. The molecule has 0 saturated carbocycles. The molecule has 0 spiro atoms. The Morgan fingerprint density at radius 3 is 3.12 bits per heavy atom. The Balaban J connectivity index is 1.94. The molecule has 0 aromatic carbocycles. The van der Waals surface area contributed by atoms with E-state index in [1.54, 1.807) is 6.33 Å². The Hall–Kier alpha value is -1.16. The Bertz CT molecular complexity index is 372. The number of aryl methyl sites for hydroxylation is 1. The summed E-state index contributed by atoms with van der Waals surface area (Å²) in [6.07, 6.45) is 10.5. The number of hydrogen-bond acceptors (Lipinski definition) is 3. The fourth-order valence-corrected chi connectivity index (χ4v) is 2.36. The molecule has 1 aromatic rings. The van der Waals surface area contributed by atoms with E-state index >= 15 is 0 Å². The number of aliphatic hydroxyl groups excluding tert-OH is 1. The Labute approximate surface area is 102 Å². The van der Waals surface area contributed by atoms with Gasteiger partial charge in [0.15, 0.2) is 0 Å². The number of nitrogens with zero attached hydrogens (tertiary/aromatic N) is 3. The zero-order valence-corrected chi connectivity index (χ0v) is 10.4. The van der Waals surface area contributed by atoms with Crippen molar-refractivity contribution in [2.24, 2.45) is 5.92 Å². The third-order valence-electron chi connectivity index (χ3n) is 3.38. The molecule has 94 valence electrons. The van der Waals surface area contributed by atoms with Gasteiger partial charge in [-0.05, 0) is 31.6 Å². The van der Waals surface area contributed by atoms with E-state index in [2.05, 4.69) is 29.2 Å². The highest BCUT2D eigenvalue weighted by molar-refractivity contribution is 4.95. The minimum atomic E-state index is -0.292. The molecule has 0 radical (unpaired) electrons. The zero-order valence-electron chi connectivity index (χ0n) is 10.4. The number of aromatic nitrogens is 3. The SMILES string of the molecule is CCCn1ncnc1CC(O)C1CC=CCC1. The maximum atomic E-state index is 10.2. The topological polar surface area (TPSA) is 50.9 Å². The molecule has 0 bridgehead atoms. The van der Waals surface area contributed by atoms with Crippen molar-refractivity contribution >= 4 is 0 Å². The first kappa shape index (κ1) is 12.3. The summed E-state index contributed by atoms with van der Waals surface area (Å²) in [6, 6.07) is 0. The van der Waals surface area contributed by atoms with E-state index in [0.717, 1.165) is 38.1 Å². The number of allylic oxidation sites excluding steroid dienone is 2. The van der Waals surface area contributed by atoms with Gasteiger partial charge in [-0.3, -0.25) is 4.68 Å². The Morgan fingerprint density at radius 2 is 2.41 bits per heavy atom. The maximum absolute atomic E-state index is 10.2. The molecule has 2 atom stereocenters. The van der Waals surface area contributed by atoms with Gasteiger partial charge in [0, 0.05) is 13.0 Å². The van der Waals surface area contributed by atoms with Gasteiger partial charge in [-0.1, -0.05) is 19.1 Å². The van der Waals surface area contributed by atoms with Crippen LogP contribution in [-0.2, 0) is 13.0 Å². The van der Waals surface area contributed by atoms with Crippen molar-refractivity contribution in [1.82, 2.24) is 14.8 Å². The monoisotopic (exact) mass is 235 g/mol. The van der Waals surface area contributed by atoms with Crippen LogP contribution < -0.4 is 0 Å². The summed E-state index contributed by atoms with van der Waals surface area (Å²) in [7, 11) is 0. The lowest BCUT2D eigenvalue weighted by atomic mass is 9.88. The van der Waals surface area contributed by atoms with E-state index in [1.807, 2.05) is 4.68 Å². The van der Waals surface area contributed by atoms with Crippen molar-refractivity contribution in [1.29, 1.82) is 0 Å². The lowest BCUT2D eigenvalue weighted by Gasteiger charge is -2.23. The molecule has 1 heterocycles. The van der Waals surface area contributed by atoms with E-state index < -0.39 is 0 Å².